The number of benzene rings is 2. The number of pyridine rings is 1. The van der Waals surface area contributed by atoms with Crippen LogP contribution in [0.2, 0.25) is 0 Å². The van der Waals surface area contributed by atoms with E-state index in [0.717, 1.165) is 0 Å². The highest BCUT2D eigenvalue weighted by Crippen LogP contribution is 2.24. The van der Waals surface area contributed by atoms with Crippen molar-refractivity contribution in [3.05, 3.63) is 89.2 Å². The Morgan fingerprint density at radius 1 is 0.971 bits per heavy atom. The number of hydrogen-bond donors (Lipinski definition) is 1. The molecule has 3 aromatic rings. The number of rotatable bonds is 12. The summed E-state index contributed by atoms with van der Waals surface area (Å²) in [5.41, 5.74) is 1.40. The summed E-state index contributed by atoms with van der Waals surface area (Å²) in [6.45, 7) is 0.160. The van der Waals surface area contributed by atoms with Crippen LogP contribution in [0.5, 0.6) is 11.5 Å². The van der Waals surface area contributed by atoms with Crippen LogP contribution < -0.4 is 9.47 Å². The maximum absolute atomic E-state index is 13.6. The van der Waals surface area contributed by atoms with E-state index in [2.05, 4.69) is 4.98 Å². The van der Waals surface area contributed by atoms with Crippen molar-refractivity contribution in [2.75, 3.05) is 34.0 Å². The van der Waals surface area contributed by atoms with Gasteiger partial charge < -0.3 is 24.2 Å². The van der Waals surface area contributed by atoms with Crippen molar-refractivity contribution in [3.8, 4) is 11.5 Å². The lowest BCUT2D eigenvalue weighted by molar-refractivity contribution is -0.139. The third kappa shape index (κ3) is 6.87. The van der Waals surface area contributed by atoms with E-state index in [0.29, 0.717) is 17.1 Å². The number of aliphatic carboxylic acids is 1. The van der Waals surface area contributed by atoms with Gasteiger partial charge in [0.1, 0.15) is 17.2 Å². The second kappa shape index (κ2) is 12.3. The van der Waals surface area contributed by atoms with Crippen LogP contribution in [0.25, 0.3) is 0 Å². The van der Waals surface area contributed by atoms with Gasteiger partial charge >= 0.3 is 5.97 Å². The molecule has 0 aliphatic rings. The molecule has 1 N–H and O–H groups in total. The lowest BCUT2D eigenvalue weighted by Crippen LogP contribution is -2.33. The number of carbonyl (C=O) groups is 3. The minimum Gasteiger partial charge on any atom is -0.497 e. The molecule has 182 valence electrons. The fourth-order valence-corrected chi connectivity index (χ4v) is 3.37. The van der Waals surface area contributed by atoms with E-state index in [1.54, 1.807) is 54.6 Å². The Labute approximate surface area is 202 Å². The SMILES string of the molecule is COCCN(Cc1ccccc1OCC(=O)O)C(=O)c1cc(OC)cc(C(=O)c2ccccn2)c1. The van der Waals surface area contributed by atoms with Crippen LogP contribution in [0, 0.1) is 0 Å². The summed E-state index contributed by atoms with van der Waals surface area (Å²) in [6.07, 6.45) is 1.52. The fraction of sp³-hybridized carbons (Fsp3) is 0.231. The summed E-state index contributed by atoms with van der Waals surface area (Å²) in [7, 11) is 2.99. The van der Waals surface area contributed by atoms with Crippen LogP contribution in [0.3, 0.4) is 0 Å². The number of amides is 1. The Morgan fingerprint density at radius 2 is 1.71 bits per heavy atom. The van der Waals surface area contributed by atoms with Crippen molar-refractivity contribution in [1.82, 2.24) is 9.88 Å². The smallest absolute Gasteiger partial charge is 0.341 e. The summed E-state index contributed by atoms with van der Waals surface area (Å²) in [6, 6.07) is 16.5. The van der Waals surface area contributed by atoms with E-state index in [1.165, 1.54) is 31.4 Å². The highest BCUT2D eigenvalue weighted by atomic mass is 16.5. The van der Waals surface area contributed by atoms with Crippen LogP contribution in [0.15, 0.2) is 66.9 Å². The molecule has 0 fully saturated rings. The average molecular weight is 479 g/mol. The first-order chi connectivity index (χ1) is 16.9. The van der Waals surface area contributed by atoms with E-state index in [9.17, 15) is 14.4 Å². The first-order valence-corrected chi connectivity index (χ1v) is 10.8. The van der Waals surface area contributed by atoms with Gasteiger partial charge in [-0.2, -0.15) is 0 Å². The molecule has 1 heterocycles. The molecular weight excluding hydrogens is 452 g/mol. The Kier molecular flexibility index (Phi) is 8.91. The highest BCUT2D eigenvalue weighted by molar-refractivity contribution is 6.09. The Hall–Kier alpha value is -4.24. The molecule has 1 aromatic heterocycles. The molecule has 0 bridgehead atoms. The van der Waals surface area contributed by atoms with Gasteiger partial charge in [-0.3, -0.25) is 14.6 Å². The third-order valence-corrected chi connectivity index (χ3v) is 5.09. The number of methoxy groups -OCH3 is 2. The number of ether oxygens (including phenoxy) is 3. The normalized spacial score (nSPS) is 10.5. The molecule has 0 aliphatic heterocycles. The summed E-state index contributed by atoms with van der Waals surface area (Å²) in [4.78, 5) is 43.1. The molecule has 0 aliphatic carbocycles. The first-order valence-electron chi connectivity index (χ1n) is 10.8. The predicted octanol–water partition coefficient (Wildman–Crippen LogP) is 3.07. The van der Waals surface area contributed by atoms with Crippen molar-refractivity contribution in [2.45, 2.75) is 6.54 Å². The van der Waals surface area contributed by atoms with E-state index < -0.39 is 12.6 Å². The third-order valence-electron chi connectivity index (χ3n) is 5.09. The van der Waals surface area contributed by atoms with Crippen molar-refractivity contribution in [3.63, 3.8) is 0 Å². The zero-order chi connectivity index (χ0) is 25.2. The molecule has 9 heteroatoms. The monoisotopic (exact) mass is 478 g/mol. The van der Waals surface area contributed by atoms with Crippen molar-refractivity contribution < 1.29 is 33.7 Å². The minimum atomic E-state index is -1.10. The molecule has 2 aromatic carbocycles. The number of para-hydroxylation sites is 1. The van der Waals surface area contributed by atoms with E-state index in [-0.39, 0.29) is 48.2 Å². The summed E-state index contributed by atoms with van der Waals surface area (Å²) < 4.78 is 15.9. The molecule has 1 amide bonds. The lowest BCUT2D eigenvalue weighted by atomic mass is 10.0. The number of carbonyl (C=O) groups excluding carboxylic acids is 2. The Bertz CT molecular complexity index is 1180. The van der Waals surface area contributed by atoms with E-state index in [1.807, 2.05) is 0 Å². The van der Waals surface area contributed by atoms with Gasteiger partial charge in [0.25, 0.3) is 5.91 Å². The van der Waals surface area contributed by atoms with Gasteiger partial charge in [0.05, 0.1) is 13.7 Å². The molecule has 35 heavy (non-hydrogen) atoms. The lowest BCUT2D eigenvalue weighted by Gasteiger charge is -2.24. The number of ketones is 1. The van der Waals surface area contributed by atoms with Crippen molar-refractivity contribution >= 4 is 17.7 Å². The number of nitrogens with zero attached hydrogens (tertiary/aromatic N) is 2. The van der Waals surface area contributed by atoms with Gasteiger partial charge in [-0.05, 0) is 36.4 Å². The minimum absolute atomic E-state index is 0.138. The van der Waals surface area contributed by atoms with Crippen LogP contribution in [-0.2, 0) is 16.1 Å². The molecule has 0 saturated heterocycles. The zero-order valence-electron chi connectivity index (χ0n) is 19.5. The van der Waals surface area contributed by atoms with E-state index >= 15 is 0 Å². The summed E-state index contributed by atoms with van der Waals surface area (Å²) in [5.74, 6) is -1.08. The fourth-order valence-electron chi connectivity index (χ4n) is 3.37. The molecular formula is C26H26N2O7. The first kappa shape index (κ1) is 25.4. The Balaban J connectivity index is 1.93. The molecule has 0 atom stereocenters. The van der Waals surface area contributed by atoms with Crippen LogP contribution in [0.1, 0.15) is 32.0 Å². The van der Waals surface area contributed by atoms with Gasteiger partial charge in [0.2, 0.25) is 5.78 Å². The predicted molar refractivity (Wildman–Crippen MR) is 127 cm³/mol. The molecule has 0 spiro atoms. The van der Waals surface area contributed by atoms with Gasteiger partial charge in [-0.1, -0.05) is 24.3 Å². The topological polar surface area (TPSA) is 115 Å². The number of carboxylic acids is 1. The number of aromatic nitrogens is 1. The highest BCUT2D eigenvalue weighted by Gasteiger charge is 2.21. The molecule has 9 nitrogen and oxygen atoms in total. The standard InChI is InChI=1S/C26H26N2O7/c1-33-12-11-28(16-18-7-3-4-9-23(18)35-17-24(29)30)26(32)20-13-19(14-21(15-20)34-2)25(31)22-8-5-6-10-27-22/h3-10,13-15H,11-12,16-17H2,1-2H3,(H,29,30). The zero-order valence-corrected chi connectivity index (χ0v) is 19.5. The summed E-state index contributed by atoms with van der Waals surface area (Å²) in [5, 5.41) is 8.95. The van der Waals surface area contributed by atoms with Crippen molar-refractivity contribution in [2.24, 2.45) is 0 Å². The van der Waals surface area contributed by atoms with Gasteiger partial charge in [-0.25, -0.2) is 4.79 Å². The molecule has 0 unspecified atom stereocenters. The number of hydrogen-bond acceptors (Lipinski definition) is 7. The van der Waals surface area contributed by atoms with Gasteiger partial charge in [0, 0.05) is 43.1 Å². The molecule has 0 radical (unpaired) electrons. The van der Waals surface area contributed by atoms with Gasteiger partial charge in [0.15, 0.2) is 6.61 Å². The van der Waals surface area contributed by atoms with E-state index in [4.69, 9.17) is 19.3 Å². The van der Waals surface area contributed by atoms with Crippen LogP contribution >= 0.6 is 0 Å². The maximum atomic E-state index is 13.6. The molecule has 3 rings (SSSR count). The average Bonchev–Trinajstić information content (AvgIpc) is 2.89. The second-order valence-corrected chi connectivity index (χ2v) is 7.50. The van der Waals surface area contributed by atoms with Crippen LogP contribution in [-0.4, -0.2) is 66.6 Å². The van der Waals surface area contributed by atoms with Crippen LogP contribution in [0.4, 0.5) is 0 Å². The van der Waals surface area contributed by atoms with Gasteiger partial charge in [-0.15, -0.1) is 0 Å². The number of carboxylic acid groups (broad SMARTS) is 1. The Morgan fingerprint density at radius 3 is 2.40 bits per heavy atom. The quantitative estimate of drug-likeness (QED) is 0.395. The second-order valence-electron chi connectivity index (χ2n) is 7.50. The maximum Gasteiger partial charge on any atom is 0.341 e. The largest absolute Gasteiger partial charge is 0.497 e. The van der Waals surface area contributed by atoms with Crippen molar-refractivity contribution in [1.29, 1.82) is 0 Å². The summed E-state index contributed by atoms with van der Waals surface area (Å²) >= 11 is 0. The molecule has 0 saturated carbocycles.